The van der Waals surface area contributed by atoms with Crippen LogP contribution in [0.5, 0.6) is 11.5 Å². The van der Waals surface area contributed by atoms with E-state index in [0.29, 0.717) is 3.17 Å². The Balaban J connectivity index is 2.41. The molecule has 3 heteroatoms. The van der Waals surface area contributed by atoms with Crippen molar-refractivity contribution in [1.82, 2.24) is 0 Å². The molecule has 0 unspecified atom stereocenters. The molecule has 0 bridgehead atoms. The van der Waals surface area contributed by atoms with E-state index in [1.807, 2.05) is 0 Å². The van der Waals surface area contributed by atoms with Gasteiger partial charge in [-0.3, -0.25) is 0 Å². The normalized spacial score (nSPS) is 11.1. The molecule has 2 aromatic carbocycles. The minimum atomic E-state index is -2.15. The van der Waals surface area contributed by atoms with E-state index < -0.39 is 21.4 Å². The third kappa shape index (κ3) is 3.97. The van der Waals surface area contributed by atoms with E-state index >= 15 is 0 Å². The van der Waals surface area contributed by atoms with Gasteiger partial charge in [0.2, 0.25) is 0 Å². The van der Waals surface area contributed by atoms with Gasteiger partial charge in [-0.2, -0.15) is 0 Å². The standard InChI is InChI=1S/2C7H7O.C4H9.In/c2*1-8-7-5-3-2-4-6-7;1-4(2)3;/h2*3-6H,1H3;1-3H3;. The third-order valence-corrected chi connectivity index (χ3v) is 14.7. The number of rotatable bonds is 4. The molecule has 0 saturated carbocycles. The Morgan fingerprint density at radius 3 is 1.24 bits per heavy atom. The van der Waals surface area contributed by atoms with Crippen molar-refractivity contribution in [2.24, 2.45) is 0 Å². The molecule has 0 radical (unpaired) electrons. The first-order valence-electron chi connectivity index (χ1n) is 7.23. The molecule has 0 aliphatic heterocycles. The first-order valence-corrected chi connectivity index (χ1v) is 12.2. The molecule has 0 heterocycles. The zero-order valence-electron chi connectivity index (χ0n) is 13.5. The Hall–Kier alpha value is -1.09. The van der Waals surface area contributed by atoms with Crippen LogP contribution in [0.4, 0.5) is 0 Å². The summed E-state index contributed by atoms with van der Waals surface area (Å²) >= 11 is -2.15. The molecule has 0 aliphatic rings. The third-order valence-electron chi connectivity index (χ3n) is 3.76. The Bertz CT molecular complexity index is 520. The molecule has 0 saturated heterocycles. The van der Waals surface area contributed by atoms with Crippen LogP contribution in [-0.2, 0) is 0 Å². The Morgan fingerprint density at radius 1 is 0.667 bits per heavy atom. The summed E-state index contributed by atoms with van der Waals surface area (Å²) < 4.78 is 13.9. The van der Waals surface area contributed by atoms with Crippen LogP contribution in [0.3, 0.4) is 0 Å². The van der Waals surface area contributed by atoms with E-state index in [-0.39, 0.29) is 0 Å². The fourth-order valence-electron chi connectivity index (χ4n) is 2.79. The van der Waals surface area contributed by atoms with Crippen LogP contribution in [0, 0.1) is 0 Å². The van der Waals surface area contributed by atoms with Gasteiger partial charge in [-0.1, -0.05) is 0 Å². The van der Waals surface area contributed by atoms with Gasteiger partial charge in [-0.15, -0.1) is 0 Å². The quantitative estimate of drug-likeness (QED) is 0.804. The van der Waals surface area contributed by atoms with Gasteiger partial charge in [-0.25, -0.2) is 0 Å². The van der Waals surface area contributed by atoms with Gasteiger partial charge in [0.05, 0.1) is 0 Å². The van der Waals surface area contributed by atoms with Crippen molar-refractivity contribution < 1.29 is 9.47 Å². The number of hydrogen-bond donors (Lipinski definition) is 0. The van der Waals surface area contributed by atoms with E-state index in [4.69, 9.17) is 9.47 Å². The van der Waals surface area contributed by atoms with Gasteiger partial charge in [0.15, 0.2) is 0 Å². The predicted octanol–water partition coefficient (Wildman–Crippen LogP) is 3.11. The van der Waals surface area contributed by atoms with Gasteiger partial charge in [0.1, 0.15) is 0 Å². The van der Waals surface area contributed by atoms with Crippen molar-refractivity contribution in [3.8, 4) is 11.5 Å². The fraction of sp³-hybridized carbons (Fsp3) is 0.333. The van der Waals surface area contributed by atoms with Crippen LogP contribution in [0.2, 0.25) is 3.17 Å². The molecular weight excluding hydrogens is 363 g/mol. The zero-order chi connectivity index (χ0) is 15.5. The van der Waals surface area contributed by atoms with Crippen molar-refractivity contribution in [3.63, 3.8) is 0 Å². The van der Waals surface area contributed by atoms with Crippen molar-refractivity contribution >= 4 is 28.1 Å². The van der Waals surface area contributed by atoms with Crippen LogP contribution in [0.15, 0.2) is 48.5 Å². The summed E-state index contributed by atoms with van der Waals surface area (Å²) in [7, 11) is 3.42. The molecule has 0 fully saturated rings. The average Bonchev–Trinajstić information content (AvgIpc) is 2.47. The molecule has 0 N–H and O–H groups in total. The molecular formula is C18H23InO2. The molecule has 2 rings (SSSR count). The van der Waals surface area contributed by atoms with E-state index in [0.717, 1.165) is 11.5 Å². The summed E-state index contributed by atoms with van der Waals surface area (Å²) in [5, 5.41) is 0. The summed E-state index contributed by atoms with van der Waals surface area (Å²) in [5.41, 5.74) is 0. The number of benzene rings is 2. The summed E-state index contributed by atoms with van der Waals surface area (Å²) in [5.74, 6) is 1.85. The second kappa shape index (κ2) is 6.78. The summed E-state index contributed by atoms with van der Waals surface area (Å²) in [6, 6.07) is 17.3. The first-order chi connectivity index (χ1) is 9.95. The molecule has 2 aromatic rings. The Kier molecular flexibility index (Phi) is 5.26. The molecule has 0 amide bonds. The van der Waals surface area contributed by atoms with E-state index in [1.54, 1.807) is 14.2 Å². The van der Waals surface area contributed by atoms with Gasteiger partial charge in [-0.05, 0) is 0 Å². The molecule has 21 heavy (non-hydrogen) atoms. The minimum absolute atomic E-state index is 0.338. The monoisotopic (exact) mass is 386 g/mol. The maximum absolute atomic E-state index is 5.28. The number of hydrogen-bond acceptors (Lipinski definition) is 2. The van der Waals surface area contributed by atoms with Crippen molar-refractivity contribution in [2.45, 2.75) is 23.9 Å². The molecule has 0 aromatic heterocycles. The Labute approximate surface area is 135 Å². The number of ether oxygens (including phenoxy) is 2. The second-order valence-electron chi connectivity index (χ2n) is 6.35. The summed E-state index contributed by atoms with van der Waals surface area (Å²) in [4.78, 5) is 0. The molecule has 0 aliphatic carbocycles. The van der Waals surface area contributed by atoms with Gasteiger partial charge >= 0.3 is 136 Å². The van der Waals surface area contributed by atoms with E-state index in [2.05, 4.69) is 69.3 Å². The number of methoxy groups -OCH3 is 2. The van der Waals surface area contributed by atoms with Crippen LogP contribution >= 0.6 is 0 Å². The van der Waals surface area contributed by atoms with Gasteiger partial charge in [0.25, 0.3) is 0 Å². The van der Waals surface area contributed by atoms with Crippen molar-refractivity contribution in [1.29, 1.82) is 0 Å². The molecule has 0 atom stereocenters. The summed E-state index contributed by atoms with van der Waals surface area (Å²) in [6.45, 7) is 7.09. The SMILES string of the molecule is COc1cc[c]([In]([c]2ccc(OC)cc2)[C](C)(C)C)cc1. The van der Waals surface area contributed by atoms with Crippen LogP contribution < -0.4 is 16.1 Å². The van der Waals surface area contributed by atoms with Gasteiger partial charge < -0.3 is 0 Å². The van der Waals surface area contributed by atoms with Gasteiger partial charge in [0, 0.05) is 0 Å². The zero-order valence-corrected chi connectivity index (χ0v) is 16.8. The molecule has 110 valence electrons. The van der Waals surface area contributed by atoms with Crippen LogP contribution in [-0.4, -0.2) is 35.7 Å². The molecule has 0 spiro atoms. The Morgan fingerprint density at radius 2 is 1.00 bits per heavy atom. The average molecular weight is 386 g/mol. The summed E-state index contributed by atoms with van der Waals surface area (Å²) in [6.07, 6.45) is 0. The van der Waals surface area contributed by atoms with Crippen molar-refractivity contribution in [2.75, 3.05) is 14.2 Å². The van der Waals surface area contributed by atoms with Crippen LogP contribution in [0.1, 0.15) is 20.8 Å². The second-order valence-corrected chi connectivity index (χ2v) is 17.6. The topological polar surface area (TPSA) is 18.5 Å². The maximum atomic E-state index is 5.28. The van der Waals surface area contributed by atoms with E-state index in [1.165, 1.54) is 6.64 Å². The predicted molar refractivity (Wildman–Crippen MR) is 90.7 cm³/mol. The fourth-order valence-corrected chi connectivity index (χ4v) is 12.9. The van der Waals surface area contributed by atoms with Crippen molar-refractivity contribution in [3.05, 3.63) is 48.5 Å². The van der Waals surface area contributed by atoms with Crippen LogP contribution in [0.25, 0.3) is 0 Å². The first kappa shape index (κ1) is 16.3. The van der Waals surface area contributed by atoms with E-state index in [9.17, 15) is 0 Å². The molecule has 2 nitrogen and oxygen atoms in total.